The van der Waals surface area contributed by atoms with Gasteiger partial charge in [-0.25, -0.2) is 0 Å². The van der Waals surface area contributed by atoms with Crippen molar-refractivity contribution in [3.05, 3.63) is 77.4 Å². The minimum absolute atomic E-state index is 0.271. The molecule has 2 saturated heterocycles. The van der Waals surface area contributed by atoms with Gasteiger partial charge >= 0.3 is 0 Å². The number of rotatable bonds is 6. The molecule has 2 aromatic rings. The Morgan fingerprint density at radius 2 is 1.67 bits per heavy atom. The van der Waals surface area contributed by atoms with Crippen LogP contribution in [0.5, 0.6) is 0 Å². The summed E-state index contributed by atoms with van der Waals surface area (Å²) < 4.78 is 0. The molecule has 0 N–H and O–H groups in total. The van der Waals surface area contributed by atoms with Gasteiger partial charge < -0.3 is 9.80 Å². The zero-order valence-corrected chi connectivity index (χ0v) is 17.8. The van der Waals surface area contributed by atoms with E-state index in [1.807, 2.05) is 30.3 Å². The number of carbonyl (C=O) groups excluding carboxylic acids is 1. The molecule has 2 aliphatic heterocycles. The maximum Gasteiger partial charge on any atom is 0.227 e. The Balaban J connectivity index is 1.19. The van der Waals surface area contributed by atoms with E-state index in [2.05, 4.69) is 40.1 Å². The molecule has 156 valence electrons. The Labute approximate surface area is 180 Å². The number of fused-ring (bicyclic) bond motifs is 1. The van der Waals surface area contributed by atoms with E-state index < -0.39 is 0 Å². The summed E-state index contributed by atoms with van der Waals surface area (Å²) in [4.78, 5) is 17.5. The summed E-state index contributed by atoms with van der Waals surface area (Å²) in [6.45, 7) is 5.51. The number of nitrogens with zero attached hydrogens (tertiary/aromatic N) is 2. The molecule has 3 heteroatoms. The van der Waals surface area contributed by atoms with Crippen molar-refractivity contribution in [3.8, 4) is 0 Å². The third-order valence-corrected chi connectivity index (χ3v) is 7.23. The number of amides is 1. The summed E-state index contributed by atoms with van der Waals surface area (Å²) in [6.07, 6.45) is 7.92. The van der Waals surface area contributed by atoms with Crippen LogP contribution in [0.4, 0.5) is 0 Å². The van der Waals surface area contributed by atoms with Crippen molar-refractivity contribution in [1.29, 1.82) is 0 Å². The Kier molecular flexibility index (Phi) is 5.72. The van der Waals surface area contributed by atoms with Crippen molar-refractivity contribution in [1.82, 2.24) is 9.80 Å². The maximum atomic E-state index is 12.8. The van der Waals surface area contributed by atoms with Crippen LogP contribution in [0, 0.1) is 11.8 Å². The van der Waals surface area contributed by atoms with Crippen molar-refractivity contribution < 1.29 is 4.79 Å². The van der Waals surface area contributed by atoms with Crippen molar-refractivity contribution in [2.75, 3.05) is 32.7 Å². The van der Waals surface area contributed by atoms with Crippen molar-refractivity contribution >= 4 is 11.5 Å². The van der Waals surface area contributed by atoms with E-state index in [1.54, 1.807) is 0 Å². The number of allylic oxidation sites excluding steroid dienone is 1. The van der Waals surface area contributed by atoms with Crippen molar-refractivity contribution in [3.63, 3.8) is 0 Å². The van der Waals surface area contributed by atoms with Crippen molar-refractivity contribution in [2.24, 2.45) is 11.8 Å². The zero-order valence-electron chi connectivity index (χ0n) is 17.8. The van der Waals surface area contributed by atoms with Crippen molar-refractivity contribution in [2.45, 2.75) is 32.1 Å². The van der Waals surface area contributed by atoms with Gasteiger partial charge in [-0.15, -0.1) is 0 Å². The first-order valence-corrected chi connectivity index (χ1v) is 11.6. The lowest BCUT2D eigenvalue weighted by Gasteiger charge is -2.18. The van der Waals surface area contributed by atoms with Gasteiger partial charge in [-0.1, -0.05) is 60.7 Å². The largest absolute Gasteiger partial charge is 0.341 e. The third-order valence-electron chi connectivity index (χ3n) is 7.23. The first kappa shape index (κ1) is 19.6. The van der Waals surface area contributed by atoms with E-state index in [0.717, 1.165) is 31.5 Å². The van der Waals surface area contributed by atoms with Gasteiger partial charge in [-0.2, -0.15) is 0 Å². The molecule has 0 saturated carbocycles. The summed E-state index contributed by atoms with van der Waals surface area (Å²) in [5, 5.41) is 0. The maximum absolute atomic E-state index is 12.8. The lowest BCUT2D eigenvalue weighted by molar-refractivity contribution is -0.129. The Hall–Kier alpha value is -2.39. The highest BCUT2D eigenvalue weighted by atomic mass is 16.2. The van der Waals surface area contributed by atoms with Crippen LogP contribution in [0.15, 0.2) is 60.7 Å². The summed E-state index contributed by atoms with van der Waals surface area (Å²) in [7, 11) is 0. The molecule has 0 bridgehead atoms. The second-order valence-electron chi connectivity index (χ2n) is 9.22. The van der Waals surface area contributed by atoms with Gasteiger partial charge in [0.2, 0.25) is 5.91 Å². The number of hydrogen-bond donors (Lipinski definition) is 0. The molecule has 2 atom stereocenters. The predicted octanol–water partition coefficient (Wildman–Crippen LogP) is 4.43. The molecule has 2 heterocycles. The second-order valence-corrected chi connectivity index (χ2v) is 9.22. The lowest BCUT2D eigenvalue weighted by atomic mass is 9.90. The van der Waals surface area contributed by atoms with E-state index in [9.17, 15) is 4.79 Å². The highest BCUT2D eigenvalue weighted by molar-refractivity contribution is 5.80. The standard InChI is InChI=1S/C27H32N2O/c30-27(18-22-6-2-1-3-7-22)29-19-24-12-13-25(26(24)20-29)23-10-8-21(9-11-23)14-17-28-15-4-5-16-28/h1-3,6-11,13,24,26H,4-5,12,14-20H2. The van der Waals surface area contributed by atoms with Crippen LogP contribution >= 0.6 is 0 Å². The molecule has 30 heavy (non-hydrogen) atoms. The van der Waals surface area contributed by atoms with Crippen LogP contribution in [0.3, 0.4) is 0 Å². The summed E-state index contributed by atoms with van der Waals surface area (Å²) >= 11 is 0. The molecule has 0 aromatic heterocycles. The highest BCUT2D eigenvalue weighted by Gasteiger charge is 2.40. The fourth-order valence-electron chi connectivity index (χ4n) is 5.47. The molecule has 3 nitrogen and oxygen atoms in total. The third kappa shape index (κ3) is 4.22. The van der Waals surface area contributed by atoms with E-state index in [0.29, 0.717) is 18.3 Å². The van der Waals surface area contributed by atoms with Crippen LogP contribution < -0.4 is 0 Å². The number of carbonyl (C=O) groups is 1. The molecule has 5 rings (SSSR count). The molecule has 0 radical (unpaired) electrons. The van der Waals surface area contributed by atoms with Crippen LogP contribution in [-0.2, 0) is 17.6 Å². The topological polar surface area (TPSA) is 23.6 Å². The normalized spacial score (nSPS) is 23.6. The van der Waals surface area contributed by atoms with E-state index in [-0.39, 0.29) is 5.91 Å². The second kappa shape index (κ2) is 8.77. The van der Waals surface area contributed by atoms with Gasteiger partial charge in [0.15, 0.2) is 0 Å². The summed E-state index contributed by atoms with van der Waals surface area (Å²) in [6, 6.07) is 19.4. The quantitative estimate of drug-likeness (QED) is 0.716. The summed E-state index contributed by atoms with van der Waals surface area (Å²) in [5.41, 5.74) is 5.36. The van der Waals surface area contributed by atoms with Gasteiger partial charge in [0.05, 0.1) is 6.42 Å². The first-order chi connectivity index (χ1) is 14.8. The van der Waals surface area contributed by atoms with Crippen LogP contribution in [0.1, 0.15) is 36.0 Å². The van der Waals surface area contributed by atoms with Gasteiger partial charge in [0.25, 0.3) is 0 Å². The first-order valence-electron chi connectivity index (χ1n) is 11.6. The van der Waals surface area contributed by atoms with E-state index in [1.165, 1.54) is 49.2 Å². The van der Waals surface area contributed by atoms with Gasteiger partial charge in [-0.05, 0) is 67.0 Å². The molecule has 0 spiro atoms. The Morgan fingerprint density at radius 1 is 0.900 bits per heavy atom. The smallest absolute Gasteiger partial charge is 0.227 e. The Bertz CT molecular complexity index is 896. The molecule has 2 unspecified atom stereocenters. The predicted molar refractivity (Wildman–Crippen MR) is 122 cm³/mol. The highest BCUT2D eigenvalue weighted by Crippen LogP contribution is 2.43. The van der Waals surface area contributed by atoms with Gasteiger partial charge in [0.1, 0.15) is 0 Å². The fourth-order valence-corrected chi connectivity index (χ4v) is 5.47. The van der Waals surface area contributed by atoms with E-state index >= 15 is 0 Å². The van der Waals surface area contributed by atoms with Crippen LogP contribution in [0.2, 0.25) is 0 Å². The van der Waals surface area contributed by atoms with Gasteiger partial charge in [0, 0.05) is 25.6 Å². The summed E-state index contributed by atoms with van der Waals surface area (Å²) in [5.74, 6) is 1.36. The minimum atomic E-state index is 0.271. The molecular weight excluding hydrogens is 368 g/mol. The molecule has 1 aliphatic carbocycles. The number of likely N-dealkylation sites (tertiary alicyclic amines) is 2. The SMILES string of the molecule is O=C(Cc1ccccc1)N1CC2CC=C(c3ccc(CCN4CCCC4)cc3)C2C1. The zero-order chi connectivity index (χ0) is 20.3. The molecule has 2 aromatic carbocycles. The van der Waals surface area contributed by atoms with E-state index in [4.69, 9.17) is 0 Å². The van der Waals surface area contributed by atoms with Gasteiger partial charge in [-0.3, -0.25) is 4.79 Å². The molecular formula is C27H32N2O. The fraction of sp³-hybridized carbons (Fsp3) is 0.444. The lowest BCUT2D eigenvalue weighted by Crippen LogP contribution is -2.30. The molecule has 3 aliphatic rings. The monoisotopic (exact) mass is 400 g/mol. The molecule has 2 fully saturated rings. The average molecular weight is 401 g/mol. The Morgan fingerprint density at radius 3 is 2.43 bits per heavy atom. The van der Waals surface area contributed by atoms with Crippen LogP contribution in [-0.4, -0.2) is 48.4 Å². The average Bonchev–Trinajstić information content (AvgIpc) is 3.51. The van der Waals surface area contributed by atoms with Crippen LogP contribution in [0.25, 0.3) is 5.57 Å². The minimum Gasteiger partial charge on any atom is -0.341 e. The number of benzene rings is 2. The number of hydrogen-bond acceptors (Lipinski definition) is 2. The molecule has 1 amide bonds.